The van der Waals surface area contributed by atoms with Crippen molar-refractivity contribution in [2.45, 2.75) is 283 Å². The number of carbonyl (C=O) groups is 2. The first-order valence-corrected chi connectivity index (χ1v) is 23.7. The zero-order valence-corrected chi connectivity index (χ0v) is 35.4. The van der Waals surface area contributed by atoms with Crippen LogP contribution >= 0.6 is 0 Å². The molecular formula is C47H95NO4. The van der Waals surface area contributed by atoms with Gasteiger partial charge in [-0.25, -0.2) is 0 Å². The minimum absolute atomic E-state index is 0.340. The van der Waals surface area contributed by atoms with Crippen LogP contribution in [0.3, 0.4) is 0 Å². The quantitative estimate of drug-likeness (QED) is 0.0541. The molecule has 0 heterocycles. The summed E-state index contributed by atoms with van der Waals surface area (Å²) in [5, 5.41) is 17.3. The van der Waals surface area contributed by atoms with Crippen LogP contribution in [0.25, 0.3) is 0 Å². The van der Waals surface area contributed by atoms with Gasteiger partial charge >= 0.3 is 11.9 Å². The van der Waals surface area contributed by atoms with Crippen molar-refractivity contribution in [3.63, 3.8) is 0 Å². The van der Waals surface area contributed by atoms with Gasteiger partial charge in [-0.3, -0.25) is 9.59 Å². The average Bonchev–Trinajstić information content (AvgIpc) is 3.13. The van der Waals surface area contributed by atoms with Crippen molar-refractivity contribution < 1.29 is 19.8 Å². The first-order chi connectivity index (χ1) is 25.5. The van der Waals surface area contributed by atoms with Gasteiger partial charge in [-0.2, -0.15) is 0 Å². The maximum atomic E-state index is 10.5. The monoisotopic (exact) mass is 738 g/mol. The number of carboxylic acids is 2. The number of aliphatic carboxylic acids is 2. The predicted molar refractivity (Wildman–Crippen MR) is 229 cm³/mol. The van der Waals surface area contributed by atoms with Gasteiger partial charge in [0.25, 0.3) is 0 Å². The summed E-state index contributed by atoms with van der Waals surface area (Å²) in [6.45, 7) is 3.13. The van der Waals surface area contributed by atoms with Crippen molar-refractivity contribution in [2.75, 3.05) is 6.54 Å². The van der Waals surface area contributed by atoms with Crippen molar-refractivity contribution in [3.05, 3.63) is 0 Å². The van der Waals surface area contributed by atoms with Crippen LogP contribution in [0.4, 0.5) is 0 Å². The van der Waals surface area contributed by atoms with Crippen molar-refractivity contribution >= 4 is 11.9 Å². The lowest BCUT2D eigenvalue weighted by Gasteiger charge is -2.05. The largest absolute Gasteiger partial charge is 0.481 e. The van der Waals surface area contributed by atoms with E-state index in [1.54, 1.807) is 0 Å². The van der Waals surface area contributed by atoms with Gasteiger partial charge in [-0.1, -0.05) is 251 Å². The van der Waals surface area contributed by atoms with Gasteiger partial charge in [0, 0.05) is 12.8 Å². The summed E-state index contributed by atoms with van der Waals surface area (Å²) in [7, 11) is 0. The highest BCUT2D eigenvalue weighted by Crippen LogP contribution is 2.17. The van der Waals surface area contributed by atoms with E-state index in [9.17, 15) is 9.59 Å². The standard InChI is InChI=1S/C37H72O4.C10H23N/c38-36(39)34-32-30-28-26-24-22-20-18-16-14-12-10-8-6-4-2-1-3-5-7-9-11-13-15-17-19-21-23-25-27-29-31-33-35-37(40)41;1-2-3-4-5-6-7-8-9-10-11/h1-35H2,(H,38,39)(H,40,41);2-11H2,1H3. The van der Waals surface area contributed by atoms with E-state index in [-0.39, 0.29) is 0 Å². The topological polar surface area (TPSA) is 101 Å². The first kappa shape index (κ1) is 53.0. The molecule has 0 aromatic rings. The van der Waals surface area contributed by atoms with Gasteiger partial charge in [0.15, 0.2) is 0 Å². The van der Waals surface area contributed by atoms with Gasteiger partial charge in [0.05, 0.1) is 0 Å². The van der Waals surface area contributed by atoms with Crippen molar-refractivity contribution in [1.29, 1.82) is 0 Å². The van der Waals surface area contributed by atoms with E-state index < -0.39 is 11.9 Å². The second kappa shape index (κ2) is 49.9. The minimum atomic E-state index is -0.654. The maximum Gasteiger partial charge on any atom is 0.303 e. The van der Waals surface area contributed by atoms with Gasteiger partial charge < -0.3 is 15.9 Å². The van der Waals surface area contributed by atoms with Gasteiger partial charge in [0.1, 0.15) is 0 Å². The molecule has 0 aliphatic heterocycles. The van der Waals surface area contributed by atoms with Crippen LogP contribution in [0, 0.1) is 0 Å². The second-order valence-corrected chi connectivity index (χ2v) is 16.2. The Morgan fingerprint density at radius 3 is 0.596 bits per heavy atom. The van der Waals surface area contributed by atoms with Crippen LogP contribution in [-0.4, -0.2) is 28.7 Å². The number of rotatable bonds is 44. The highest BCUT2D eigenvalue weighted by atomic mass is 16.4. The van der Waals surface area contributed by atoms with Crippen LogP contribution in [-0.2, 0) is 9.59 Å². The van der Waals surface area contributed by atoms with Crippen LogP contribution in [0.1, 0.15) is 283 Å². The minimum Gasteiger partial charge on any atom is -0.481 e. The lowest BCUT2D eigenvalue weighted by atomic mass is 10.0. The fourth-order valence-electron chi connectivity index (χ4n) is 7.31. The molecule has 4 N–H and O–H groups in total. The molecule has 0 spiro atoms. The van der Waals surface area contributed by atoms with Crippen molar-refractivity contribution in [2.24, 2.45) is 5.73 Å². The van der Waals surface area contributed by atoms with E-state index in [4.69, 9.17) is 15.9 Å². The number of carboxylic acid groups (broad SMARTS) is 2. The average molecular weight is 738 g/mol. The first-order valence-electron chi connectivity index (χ1n) is 23.7. The molecule has 5 heteroatoms. The molecule has 52 heavy (non-hydrogen) atoms. The normalized spacial score (nSPS) is 11.1. The van der Waals surface area contributed by atoms with E-state index in [0.29, 0.717) is 12.8 Å². The highest BCUT2D eigenvalue weighted by molar-refractivity contribution is 5.66. The van der Waals surface area contributed by atoms with Crippen molar-refractivity contribution in [3.8, 4) is 0 Å². The molecule has 0 atom stereocenters. The van der Waals surface area contributed by atoms with Gasteiger partial charge in [-0.15, -0.1) is 0 Å². The number of unbranched alkanes of at least 4 members (excludes halogenated alkanes) is 39. The van der Waals surface area contributed by atoms with Crippen LogP contribution < -0.4 is 5.73 Å². The number of nitrogens with two attached hydrogens (primary N) is 1. The molecule has 0 fully saturated rings. The van der Waals surface area contributed by atoms with E-state index in [1.165, 1.54) is 238 Å². The Hall–Kier alpha value is -1.10. The second-order valence-electron chi connectivity index (χ2n) is 16.2. The van der Waals surface area contributed by atoms with Crippen LogP contribution in [0.15, 0.2) is 0 Å². The zero-order chi connectivity index (χ0) is 38.3. The summed E-state index contributed by atoms with van der Waals surface area (Å²) in [5.41, 5.74) is 5.39. The number of hydrogen-bond acceptors (Lipinski definition) is 3. The molecule has 0 aromatic carbocycles. The molecular weight excluding hydrogens is 643 g/mol. The lowest BCUT2D eigenvalue weighted by Crippen LogP contribution is -1.97. The van der Waals surface area contributed by atoms with E-state index in [0.717, 1.165) is 32.2 Å². The predicted octanol–water partition coefficient (Wildman–Crippen LogP) is 15.9. The zero-order valence-electron chi connectivity index (χ0n) is 35.4. The Morgan fingerprint density at radius 1 is 0.288 bits per heavy atom. The van der Waals surface area contributed by atoms with E-state index >= 15 is 0 Å². The molecule has 0 radical (unpaired) electrons. The summed E-state index contributed by atoms with van der Waals surface area (Å²) in [4.78, 5) is 20.9. The van der Waals surface area contributed by atoms with Crippen molar-refractivity contribution in [1.82, 2.24) is 0 Å². The fourth-order valence-corrected chi connectivity index (χ4v) is 7.31. The highest BCUT2D eigenvalue weighted by Gasteiger charge is 1.99. The van der Waals surface area contributed by atoms with E-state index in [2.05, 4.69) is 6.92 Å². The van der Waals surface area contributed by atoms with Crippen LogP contribution in [0.5, 0.6) is 0 Å². The molecule has 0 amide bonds. The van der Waals surface area contributed by atoms with Gasteiger partial charge in [-0.05, 0) is 25.8 Å². The smallest absolute Gasteiger partial charge is 0.303 e. The summed E-state index contributed by atoms with van der Waals surface area (Å²) in [6.07, 6.45) is 55.9. The Morgan fingerprint density at radius 2 is 0.442 bits per heavy atom. The Kier molecular flexibility index (Phi) is 50.9. The lowest BCUT2D eigenvalue weighted by molar-refractivity contribution is -0.138. The van der Waals surface area contributed by atoms with Gasteiger partial charge in [0.2, 0.25) is 0 Å². The molecule has 0 aromatic heterocycles. The Balaban J connectivity index is 0. The summed E-state index contributed by atoms with van der Waals surface area (Å²) < 4.78 is 0. The fraction of sp³-hybridized carbons (Fsp3) is 0.957. The third-order valence-electron chi connectivity index (χ3n) is 10.8. The summed E-state index contributed by atoms with van der Waals surface area (Å²) in [5.74, 6) is -1.31. The molecule has 0 saturated heterocycles. The van der Waals surface area contributed by atoms with Crippen LogP contribution in [0.2, 0.25) is 0 Å². The summed E-state index contributed by atoms with van der Waals surface area (Å²) in [6, 6.07) is 0. The SMILES string of the molecule is CCCCCCCCCCN.O=C(O)CCCCCCCCCCCCCCCCCCCCCCCCCCCCCCCCCCCC(=O)O. The maximum absolute atomic E-state index is 10.5. The summed E-state index contributed by atoms with van der Waals surface area (Å²) >= 11 is 0. The molecule has 312 valence electrons. The number of hydrogen-bond donors (Lipinski definition) is 3. The van der Waals surface area contributed by atoms with E-state index in [1.807, 2.05) is 0 Å². The third kappa shape index (κ3) is 55.7. The third-order valence-corrected chi connectivity index (χ3v) is 10.8. The molecule has 5 nitrogen and oxygen atoms in total. The molecule has 0 aliphatic carbocycles. The molecule has 0 bridgehead atoms. The molecule has 0 unspecified atom stereocenters. The Bertz CT molecular complexity index is 616. The molecule has 0 saturated carbocycles. The molecule has 0 aliphatic rings. The Labute approximate surface area is 326 Å². The molecule has 0 rings (SSSR count).